The fourth-order valence-electron chi connectivity index (χ4n) is 2.19. The number of Topliss-reactive ketones (excluding diaryl/α,β-unsaturated/α-hetero) is 1. The van der Waals surface area contributed by atoms with Crippen LogP contribution in [0.25, 0.3) is 0 Å². The van der Waals surface area contributed by atoms with E-state index in [4.69, 9.17) is 0 Å². The molecule has 0 amide bonds. The number of aromatic nitrogens is 1. The maximum atomic E-state index is 12.2. The van der Waals surface area contributed by atoms with E-state index in [-0.39, 0.29) is 23.6 Å². The van der Waals surface area contributed by atoms with Gasteiger partial charge in [-0.05, 0) is 17.7 Å². The Hall–Kier alpha value is -3.16. The van der Waals surface area contributed by atoms with E-state index in [0.29, 0.717) is 5.56 Å². The molecule has 8 nitrogen and oxygen atoms in total. The van der Waals surface area contributed by atoms with Crippen molar-refractivity contribution in [1.29, 1.82) is 0 Å². The van der Waals surface area contributed by atoms with E-state index >= 15 is 0 Å². The quantitative estimate of drug-likeness (QED) is 0.440. The first kappa shape index (κ1) is 16.2. The second-order valence-corrected chi connectivity index (χ2v) is 4.90. The van der Waals surface area contributed by atoms with Gasteiger partial charge in [0.1, 0.15) is 5.69 Å². The summed E-state index contributed by atoms with van der Waals surface area (Å²) in [7, 11) is 0. The van der Waals surface area contributed by atoms with Crippen LogP contribution in [0.2, 0.25) is 0 Å². The third kappa shape index (κ3) is 4.40. The lowest BCUT2D eigenvalue weighted by Gasteiger charge is -2.12. The molecule has 2 rings (SSSR count). The Morgan fingerprint density at radius 3 is 2.30 bits per heavy atom. The van der Waals surface area contributed by atoms with E-state index in [1.54, 1.807) is 18.2 Å². The largest absolute Gasteiger partial charge is 0.292 e. The van der Waals surface area contributed by atoms with E-state index in [2.05, 4.69) is 4.98 Å². The number of nitrogens with zero attached hydrogens (tertiary/aromatic N) is 3. The van der Waals surface area contributed by atoms with Gasteiger partial charge in [-0.25, -0.2) is 0 Å². The third-order valence-electron chi connectivity index (χ3n) is 3.33. The molecule has 118 valence electrons. The van der Waals surface area contributed by atoms with Gasteiger partial charge in [0.15, 0.2) is 5.78 Å². The molecular weight excluding hydrogens is 302 g/mol. The number of hydrogen-bond acceptors (Lipinski definition) is 6. The molecule has 0 fully saturated rings. The van der Waals surface area contributed by atoms with Crippen LogP contribution >= 0.6 is 0 Å². The van der Waals surface area contributed by atoms with Crippen LogP contribution in [0, 0.1) is 20.2 Å². The number of benzene rings is 1. The van der Waals surface area contributed by atoms with Crippen molar-refractivity contribution in [2.24, 2.45) is 0 Å². The zero-order chi connectivity index (χ0) is 16.8. The predicted octanol–water partition coefficient (Wildman–Crippen LogP) is 2.62. The molecule has 0 N–H and O–H groups in total. The highest BCUT2D eigenvalue weighted by Gasteiger charge is 2.23. The molecule has 0 aliphatic carbocycles. The van der Waals surface area contributed by atoms with Crippen LogP contribution in [-0.2, 0) is 0 Å². The number of rotatable bonds is 7. The minimum Gasteiger partial charge on any atom is -0.292 e. The summed E-state index contributed by atoms with van der Waals surface area (Å²) in [5, 5.41) is 21.5. The van der Waals surface area contributed by atoms with Gasteiger partial charge in [-0.2, -0.15) is 0 Å². The molecular formula is C15H13N3O5. The maximum Gasteiger partial charge on any atom is 0.269 e. The SMILES string of the molecule is O=C(C[C@H](C[N+](=O)[O-])c1ccc([N+](=O)[O-])cc1)c1ccccn1. The predicted molar refractivity (Wildman–Crippen MR) is 80.9 cm³/mol. The summed E-state index contributed by atoms with van der Waals surface area (Å²) in [4.78, 5) is 36.6. The van der Waals surface area contributed by atoms with Gasteiger partial charge in [0, 0.05) is 29.7 Å². The number of ketones is 1. The summed E-state index contributed by atoms with van der Waals surface area (Å²) < 4.78 is 0. The maximum absolute atomic E-state index is 12.2. The highest BCUT2D eigenvalue weighted by molar-refractivity contribution is 5.94. The first-order valence-electron chi connectivity index (χ1n) is 6.77. The summed E-state index contributed by atoms with van der Waals surface area (Å²) in [6.07, 6.45) is 1.39. The monoisotopic (exact) mass is 315 g/mol. The minimum atomic E-state index is -0.666. The molecule has 0 bridgehead atoms. The summed E-state index contributed by atoms with van der Waals surface area (Å²) in [5.74, 6) is -0.976. The Kier molecular flexibility index (Phi) is 5.08. The zero-order valence-electron chi connectivity index (χ0n) is 12.0. The van der Waals surface area contributed by atoms with E-state index in [1.165, 1.54) is 30.5 Å². The highest BCUT2D eigenvalue weighted by atomic mass is 16.6. The van der Waals surface area contributed by atoms with Gasteiger partial charge < -0.3 is 0 Å². The zero-order valence-corrected chi connectivity index (χ0v) is 12.0. The minimum absolute atomic E-state index is 0.0875. The number of nitro groups is 2. The van der Waals surface area contributed by atoms with Gasteiger partial charge in [-0.15, -0.1) is 0 Å². The Balaban J connectivity index is 2.21. The number of non-ortho nitro benzene ring substituents is 1. The number of carbonyl (C=O) groups excluding carboxylic acids is 1. The molecule has 2 aromatic rings. The summed E-state index contributed by atoms with van der Waals surface area (Å²) in [5.41, 5.74) is 0.643. The average Bonchev–Trinajstić information content (AvgIpc) is 2.54. The van der Waals surface area contributed by atoms with E-state index in [1.807, 2.05) is 0 Å². The Morgan fingerprint density at radius 1 is 1.09 bits per heavy atom. The molecule has 1 aromatic carbocycles. The van der Waals surface area contributed by atoms with Crippen LogP contribution in [-0.4, -0.2) is 27.2 Å². The van der Waals surface area contributed by atoms with E-state index in [9.17, 15) is 25.0 Å². The van der Waals surface area contributed by atoms with Crippen molar-refractivity contribution in [2.45, 2.75) is 12.3 Å². The Morgan fingerprint density at radius 2 is 1.78 bits per heavy atom. The van der Waals surface area contributed by atoms with Crippen LogP contribution in [0.3, 0.4) is 0 Å². The molecule has 0 aliphatic heterocycles. The lowest BCUT2D eigenvalue weighted by atomic mass is 9.92. The first-order valence-corrected chi connectivity index (χ1v) is 6.77. The molecule has 0 unspecified atom stereocenters. The average molecular weight is 315 g/mol. The van der Waals surface area contributed by atoms with Crippen molar-refractivity contribution >= 4 is 11.5 Å². The van der Waals surface area contributed by atoms with Crippen LogP contribution in [0.15, 0.2) is 48.7 Å². The highest BCUT2D eigenvalue weighted by Crippen LogP contribution is 2.24. The molecule has 0 aliphatic rings. The molecule has 1 heterocycles. The number of hydrogen-bond donors (Lipinski definition) is 0. The van der Waals surface area contributed by atoms with Gasteiger partial charge in [0.2, 0.25) is 6.54 Å². The van der Waals surface area contributed by atoms with Gasteiger partial charge in [0.25, 0.3) is 5.69 Å². The van der Waals surface area contributed by atoms with Gasteiger partial charge in [-0.3, -0.25) is 30.0 Å². The molecule has 23 heavy (non-hydrogen) atoms. The van der Waals surface area contributed by atoms with Crippen molar-refractivity contribution in [2.75, 3.05) is 6.54 Å². The van der Waals surface area contributed by atoms with Crippen molar-refractivity contribution in [1.82, 2.24) is 4.98 Å². The van der Waals surface area contributed by atoms with Crippen molar-refractivity contribution in [3.8, 4) is 0 Å². The fraction of sp³-hybridized carbons (Fsp3) is 0.200. The molecule has 0 saturated heterocycles. The molecule has 0 spiro atoms. The summed E-state index contributed by atoms with van der Waals surface area (Å²) in [6.45, 7) is -0.434. The smallest absolute Gasteiger partial charge is 0.269 e. The first-order chi connectivity index (χ1) is 11.0. The lowest BCUT2D eigenvalue weighted by molar-refractivity contribution is -0.483. The fourth-order valence-corrected chi connectivity index (χ4v) is 2.19. The number of nitro benzene ring substituents is 1. The molecule has 8 heteroatoms. The van der Waals surface area contributed by atoms with E-state index < -0.39 is 22.3 Å². The third-order valence-corrected chi connectivity index (χ3v) is 3.33. The summed E-state index contributed by atoms with van der Waals surface area (Å²) >= 11 is 0. The Bertz CT molecular complexity index is 716. The van der Waals surface area contributed by atoms with Crippen LogP contribution in [0.5, 0.6) is 0 Å². The number of pyridine rings is 1. The topological polar surface area (TPSA) is 116 Å². The van der Waals surface area contributed by atoms with Crippen molar-refractivity contribution < 1.29 is 14.6 Å². The van der Waals surface area contributed by atoms with Gasteiger partial charge in [-0.1, -0.05) is 18.2 Å². The second kappa shape index (κ2) is 7.21. The molecule has 0 saturated carbocycles. The van der Waals surface area contributed by atoms with Crippen molar-refractivity contribution in [3.63, 3.8) is 0 Å². The van der Waals surface area contributed by atoms with Crippen LogP contribution in [0.4, 0.5) is 5.69 Å². The number of carbonyl (C=O) groups is 1. The van der Waals surface area contributed by atoms with Crippen LogP contribution in [0.1, 0.15) is 28.4 Å². The Labute approximate surface area is 131 Å². The van der Waals surface area contributed by atoms with Crippen molar-refractivity contribution in [3.05, 3.63) is 80.1 Å². The van der Waals surface area contributed by atoms with E-state index in [0.717, 1.165) is 0 Å². The normalized spacial score (nSPS) is 11.7. The van der Waals surface area contributed by atoms with Crippen LogP contribution < -0.4 is 0 Å². The summed E-state index contributed by atoms with van der Waals surface area (Å²) in [6, 6.07) is 10.3. The van der Waals surface area contributed by atoms with Gasteiger partial charge >= 0.3 is 0 Å². The standard InChI is InChI=1S/C15H13N3O5/c19-15(14-3-1-2-8-16-14)9-12(10-17(20)21)11-4-6-13(7-5-11)18(22)23/h1-8,12H,9-10H2/t12-/m1/s1. The van der Waals surface area contributed by atoms with Gasteiger partial charge in [0.05, 0.1) is 10.8 Å². The second-order valence-electron chi connectivity index (χ2n) is 4.90. The molecule has 1 atom stereocenters. The molecule has 1 aromatic heterocycles. The lowest BCUT2D eigenvalue weighted by Crippen LogP contribution is -2.17. The molecule has 0 radical (unpaired) electrons.